The van der Waals surface area contributed by atoms with E-state index >= 15 is 0 Å². The van der Waals surface area contributed by atoms with E-state index < -0.39 is 0 Å². The Balaban J connectivity index is 0.000000330. The van der Waals surface area contributed by atoms with E-state index in [0.29, 0.717) is 5.41 Å². The van der Waals surface area contributed by atoms with E-state index in [0.717, 1.165) is 6.42 Å². The Morgan fingerprint density at radius 2 is 1.65 bits per heavy atom. The SMILES string of the molecule is C1=CC2=C(C=CC1)NCC1(CC1)C2.CC.CC. The van der Waals surface area contributed by atoms with Crippen LogP contribution in [0.5, 0.6) is 0 Å². The fourth-order valence-corrected chi connectivity index (χ4v) is 2.28. The predicted molar refractivity (Wildman–Crippen MR) is 76.9 cm³/mol. The second-order valence-corrected chi connectivity index (χ2v) is 4.51. The van der Waals surface area contributed by atoms with E-state index in [4.69, 9.17) is 0 Å². The highest BCUT2D eigenvalue weighted by Gasteiger charge is 2.44. The van der Waals surface area contributed by atoms with Crippen molar-refractivity contribution in [2.75, 3.05) is 6.54 Å². The van der Waals surface area contributed by atoms with Crippen molar-refractivity contribution in [2.45, 2.75) is 53.4 Å². The molecule has 2 aliphatic carbocycles. The Bertz CT molecular complexity index is 316. The Hall–Kier alpha value is -0.980. The largest absolute Gasteiger partial charge is 0.384 e. The predicted octanol–water partition coefficient (Wildman–Crippen LogP) is 4.58. The average molecular weight is 233 g/mol. The second-order valence-electron chi connectivity index (χ2n) is 4.51. The highest BCUT2D eigenvalue weighted by atomic mass is 14.9. The van der Waals surface area contributed by atoms with Crippen molar-refractivity contribution in [3.05, 3.63) is 35.6 Å². The van der Waals surface area contributed by atoms with Crippen LogP contribution in [0.2, 0.25) is 0 Å². The van der Waals surface area contributed by atoms with E-state index in [1.165, 1.54) is 37.1 Å². The lowest BCUT2D eigenvalue weighted by Crippen LogP contribution is -2.29. The van der Waals surface area contributed by atoms with E-state index in [9.17, 15) is 0 Å². The molecule has 1 N–H and O–H groups in total. The summed E-state index contributed by atoms with van der Waals surface area (Å²) in [7, 11) is 0. The van der Waals surface area contributed by atoms with Gasteiger partial charge in [0.15, 0.2) is 0 Å². The van der Waals surface area contributed by atoms with Gasteiger partial charge in [0.2, 0.25) is 0 Å². The van der Waals surface area contributed by atoms with Crippen LogP contribution >= 0.6 is 0 Å². The van der Waals surface area contributed by atoms with Gasteiger partial charge in [-0.05, 0) is 42.7 Å². The van der Waals surface area contributed by atoms with Crippen molar-refractivity contribution in [3.8, 4) is 0 Å². The van der Waals surface area contributed by atoms with Crippen LogP contribution in [0.25, 0.3) is 0 Å². The van der Waals surface area contributed by atoms with Gasteiger partial charge in [-0.3, -0.25) is 0 Å². The van der Waals surface area contributed by atoms with Gasteiger partial charge in [-0.15, -0.1) is 0 Å². The van der Waals surface area contributed by atoms with Crippen molar-refractivity contribution in [2.24, 2.45) is 5.41 Å². The van der Waals surface area contributed by atoms with Gasteiger partial charge >= 0.3 is 0 Å². The van der Waals surface area contributed by atoms with E-state index in [1.807, 2.05) is 27.7 Å². The summed E-state index contributed by atoms with van der Waals surface area (Å²) in [5.74, 6) is 0. The minimum atomic E-state index is 0.654. The summed E-state index contributed by atoms with van der Waals surface area (Å²) in [4.78, 5) is 0. The quantitative estimate of drug-likeness (QED) is 0.645. The third-order valence-corrected chi connectivity index (χ3v) is 3.40. The molecule has 0 aromatic carbocycles. The molecule has 1 saturated carbocycles. The van der Waals surface area contributed by atoms with Gasteiger partial charge < -0.3 is 5.32 Å². The van der Waals surface area contributed by atoms with Gasteiger partial charge in [0.25, 0.3) is 0 Å². The van der Waals surface area contributed by atoms with Gasteiger partial charge in [-0.25, -0.2) is 0 Å². The average Bonchev–Trinajstić information content (AvgIpc) is 3.19. The number of hydrogen-bond acceptors (Lipinski definition) is 1. The molecule has 3 rings (SSSR count). The lowest BCUT2D eigenvalue weighted by molar-refractivity contribution is 0.456. The summed E-state index contributed by atoms with van der Waals surface area (Å²) in [5, 5.41) is 3.56. The van der Waals surface area contributed by atoms with Gasteiger partial charge in [0, 0.05) is 12.2 Å². The fourth-order valence-electron chi connectivity index (χ4n) is 2.28. The summed E-state index contributed by atoms with van der Waals surface area (Å²) in [5.41, 5.74) is 3.55. The van der Waals surface area contributed by atoms with Crippen LogP contribution in [0.15, 0.2) is 35.6 Å². The van der Waals surface area contributed by atoms with Crippen LogP contribution in [0.4, 0.5) is 0 Å². The Kier molecular flexibility index (Phi) is 5.54. The van der Waals surface area contributed by atoms with Crippen LogP contribution in [0.1, 0.15) is 53.4 Å². The Morgan fingerprint density at radius 3 is 2.29 bits per heavy atom. The maximum Gasteiger partial charge on any atom is 0.0369 e. The van der Waals surface area contributed by atoms with Crippen LogP contribution < -0.4 is 5.32 Å². The molecular weight excluding hydrogens is 206 g/mol. The van der Waals surface area contributed by atoms with Gasteiger partial charge in [-0.2, -0.15) is 0 Å². The molecule has 0 saturated heterocycles. The standard InChI is InChI=1S/C12H15N.2C2H6/c1-2-4-10-8-12(6-7-12)9-13-11(10)5-3-1;2*1-2/h2-5,13H,1,6-9H2;2*1-2H3. The lowest BCUT2D eigenvalue weighted by atomic mass is 9.91. The molecule has 96 valence electrons. The first-order chi connectivity index (χ1) is 8.38. The normalized spacial score (nSPS) is 22.4. The van der Waals surface area contributed by atoms with E-state index in [2.05, 4.69) is 29.6 Å². The van der Waals surface area contributed by atoms with Crippen molar-refractivity contribution >= 4 is 0 Å². The van der Waals surface area contributed by atoms with E-state index in [1.54, 1.807) is 0 Å². The zero-order valence-electron chi connectivity index (χ0n) is 11.8. The highest BCUT2D eigenvalue weighted by molar-refractivity contribution is 5.38. The minimum absolute atomic E-state index is 0.654. The number of rotatable bonds is 0. The Labute approximate surface area is 107 Å². The van der Waals surface area contributed by atoms with Crippen LogP contribution in [-0.4, -0.2) is 6.54 Å². The molecule has 3 aliphatic rings. The highest BCUT2D eigenvalue weighted by Crippen LogP contribution is 2.52. The van der Waals surface area contributed by atoms with Crippen LogP contribution in [0.3, 0.4) is 0 Å². The van der Waals surface area contributed by atoms with Crippen LogP contribution in [-0.2, 0) is 0 Å². The number of hydrogen-bond donors (Lipinski definition) is 1. The summed E-state index contributed by atoms with van der Waals surface area (Å²) in [6.07, 6.45) is 14.3. The first-order valence-corrected chi connectivity index (χ1v) is 7.18. The molecule has 0 unspecified atom stereocenters. The molecule has 1 spiro atoms. The number of nitrogens with one attached hydrogen (secondary N) is 1. The molecule has 0 bridgehead atoms. The Morgan fingerprint density at radius 1 is 1.00 bits per heavy atom. The summed E-state index contributed by atoms with van der Waals surface area (Å²) < 4.78 is 0. The molecule has 0 atom stereocenters. The molecular formula is C16H27N. The van der Waals surface area contributed by atoms with Gasteiger partial charge in [-0.1, -0.05) is 45.9 Å². The molecule has 1 heteroatoms. The van der Waals surface area contributed by atoms with Crippen molar-refractivity contribution in [1.29, 1.82) is 0 Å². The molecule has 1 fully saturated rings. The second kappa shape index (κ2) is 6.68. The first-order valence-electron chi connectivity index (χ1n) is 7.18. The zero-order chi connectivity index (χ0) is 12.7. The first kappa shape index (κ1) is 14.1. The van der Waals surface area contributed by atoms with Gasteiger partial charge in [0.1, 0.15) is 0 Å². The van der Waals surface area contributed by atoms with Crippen molar-refractivity contribution in [3.63, 3.8) is 0 Å². The third-order valence-electron chi connectivity index (χ3n) is 3.40. The fraction of sp³-hybridized carbons (Fsp3) is 0.625. The molecule has 0 aromatic heterocycles. The smallest absolute Gasteiger partial charge is 0.0369 e. The van der Waals surface area contributed by atoms with Crippen molar-refractivity contribution < 1.29 is 0 Å². The summed E-state index contributed by atoms with van der Waals surface area (Å²) >= 11 is 0. The molecule has 1 heterocycles. The summed E-state index contributed by atoms with van der Waals surface area (Å²) in [6, 6.07) is 0. The van der Waals surface area contributed by atoms with Gasteiger partial charge in [0.05, 0.1) is 0 Å². The lowest BCUT2D eigenvalue weighted by Gasteiger charge is -2.25. The third kappa shape index (κ3) is 3.49. The molecule has 1 nitrogen and oxygen atoms in total. The molecule has 0 amide bonds. The maximum absolute atomic E-state index is 3.56. The maximum atomic E-state index is 3.56. The number of allylic oxidation sites excluding steroid dienone is 5. The van der Waals surface area contributed by atoms with Crippen LogP contribution in [0, 0.1) is 5.41 Å². The molecule has 0 radical (unpaired) electrons. The van der Waals surface area contributed by atoms with Crippen molar-refractivity contribution in [1.82, 2.24) is 5.32 Å². The topological polar surface area (TPSA) is 12.0 Å². The molecule has 17 heavy (non-hydrogen) atoms. The van der Waals surface area contributed by atoms with E-state index in [-0.39, 0.29) is 0 Å². The monoisotopic (exact) mass is 233 g/mol. The molecule has 1 aliphatic heterocycles. The summed E-state index contributed by atoms with van der Waals surface area (Å²) in [6.45, 7) is 9.20. The zero-order valence-corrected chi connectivity index (χ0v) is 11.8. The minimum Gasteiger partial charge on any atom is -0.384 e. The molecule has 0 aromatic rings.